The van der Waals surface area contributed by atoms with Crippen molar-refractivity contribution < 1.29 is 4.74 Å². The molecule has 1 aliphatic rings. The van der Waals surface area contributed by atoms with Crippen molar-refractivity contribution in [2.24, 2.45) is 5.92 Å². The summed E-state index contributed by atoms with van der Waals surface area (Å²) in [5, 5.41) is 0. The Labute approximate surface area is 254 Å². The van der Waals surface area contributed by atoms with Crippen LogP contribution in [0.2, 0.25) is 0 Å². The average Bonchev–Trinajstić information content (AvgIpc) is 2.98. The van der Waals surface area contributed by atoms with Crippen LogP contribution < -0.4 is 0 Å². The lowest BCUT2D eigenvalue weighted by Gasteiger charge is -2.28. The molecule has 1 saturated carbocycles. The van der Waals surface area contributed by atoms with Gasteiger partial charge in [0, 0.05) is 25.2 Å². The lowest BCUT2D eigenvalue weighted by atomic mass is 9.88. The third kappa shape index (κ3) is 18.9. The molecule has 0 N–H and O–H groups in total. The zero-order valence-corrected chi connectivity index (χ0v) is 27.8. The van der Waals surface area contributed by atoms with Crippen molar-refractivity contribution in [1.82, 2.24) is 4.90 Å². The standard InChI is InChI=1S/C20H35NO.2C7H8.C5H10/c1-8-14-18(9-2)15-16-21(13-6)17(7)20(12-5)22-19(10-3)11-4;2*1-7-5-3-2-4-6-7;1-5-3-2-4-5/h8-9,14,19H,1-2,10-13,15-16H2,3-7H3;2*2-6H,1H3;5H,2-4H2,1H3/b18-14+,20-17-;;;. The number of aryl methyl sites for hydroxylation is 2. The van der Waals surface area contributed by atoms with E-state index in [1.165, 1.54) is 41.7 Å². The van der Waals surface area contributed by atoms with Gasteiger partial charge in [0.15, 0.2) is 0 Å². The number of nitrogens with zero attached hydrogens (tertiary/aromatic N) is 1. The molecule has 2 heteroatoms. The summed E-state index contributed by atoms with van der Waals surface area (Å²) in [6.45, 7) is 27.0. The molecular weight excluding hydrogens is 498 g/mol. The predicted octanol–water partition coefficient (Wildman–Crippen LogP) is 11.6. The van der Waals surface area contributed by atoms with Crippen LogP contribution in [-0.2, 0) is 4.74 Å². The van der Waals surface area contributed by atoms with Crippen molar-refractivity contribution in [1.29, 1.82) is 0 Å². The van der Waals surface area contributed by atoms with Gasteiger partial charge in [0.05, 0.1) is 6.10 Å². The minimum absolute atomic E-state index is 0.327. The summed E-state index contributed by atoms with van der Waals surface area (Å²) in [5.41, 5.74) is 5.13. The van der Waals surface area contributed by atoms with E-state index in [-0.39, 0.29) is 0 Å². The summed E-state index contributed by atoms with van der Waals surface area (Å²) in [6, 6.07) is 20.5. The Morgan fingerprint density at radius 2 is 1.39 bits per heavy atom. The molecule has 0 heterocycles. The number of rotatable bonds is 12. The predicted molar refractivity (Wildman–Crippen MR) is 184 cm³/mol. The quantitative estimate of drug-likeness (QED) is 0.189. The highest BCUT2D eigenvalue weighted by atomic mass is 16.5. The Balaban J connectivity index is 0.000000662. The molecule has 1 fully saturated rings. The van der Waals surface area contributed by atoms with Gasteiger partial charge in [-0.2, -0.15) is 0 Å². The molecule has 2 nitrogen and oxygen atoms in total. The maximum absolute atomic E-state index is 6.21. The zero-order valence-electron chi connectivity index (χ0n) is 27.8. The van der Waals surface area contributed by atoms with Gasteiger partial charge in [-0.1, -0.05) is 150 Å². The molecule has 0 aromatic heterocycles. The van der Waals surface area contributed by atoms with Gasteiger partial charge in [0.2, 0.25) is 0 Å². The molecule has 228 valence electrons. The maximum atomic E-state index is 6.21. The Bertz CT molecular complexity index is 928. The SMILES string of the molecule is C=C/C=C(\C=C)CCN(CC)/C(C)=C(/CC)OC(CC)CC.CC1CCC1.Cc1ccccc1.Cc1ccccc1. The largest absolute Gasteiger partial charge is 0.493 e. The fraction of sp³-hybridized carbons (Fsp3) is 0.487. The van der Waals surface area contributed by atoms with Crippen molar-refractivity contribution >= 4 is 0 Å². The number of allylic oxidation sites excluding steroid dienone is 5. The van der Waals surface area contributed by atoms with E-state index < -0.39 is 0 Å². The van der Waals surface area contributed by atoms with Gasteiger partial charge in [-0.25, -0.2) is 0 Å². The summed E-state index contributed by atoms with van der Waals surface area (Å²) in [7, 11) is 0. The van der Waals surface area contributed by atoms with Crippen LogP contribution in [0, 0.1) is 19.8 Å². The second-order valence-electron chi connectivity index (χ2n) is 10.8. The third-order valence-electron chi connectivity index (χ3n) is 7.34. The summed E-state index contributed by atoms with van der Waals surface area (Å²) >= 11 is 0. The second-order valence-corrected chi connectivity index (χ2v) is 10.8. The molecule has 41 heavy (non-hydrogen) atoms. The first kappa shape index (κ1) is 38.0. The summed E-state index contributed by atoms with van der Waals surface area (Å²) in [4.78, 5) is 2.39. The minimum Gasteiger partial charge on any atom is -0.493 e. The molecule has 0 aliphatic heterocycles. The van der Waals surface area contributed by atoms with Crippen molar-refractivity contribution in [3.8, 4) is 0 Å². The molecule has 3 rings (SSSR count). The van der Waals surface area contributed by atoms with Gasteiger partial charge in [-0.15, -0.1) is 0 Å². The van der Waals surface area contributed by atoms with E-state index in [0.29, 0.717) is 6.10 Å². The van der Waals surface area contributed by atoms with Crippen LogP contribution >= 0.6 is 0 Å². The van der Waals surface area contributed by atoms with E-state index in [2.05, 4.69) is 97.7 Å². The van der Waals surface area contributed by atoms with E-state index in [4.69, 9.17) is 4.74 Å². The highest BCUT2D eigenvalue weighted by Crippen LogP contribution is 2.24. The smallest absolute Gasteiger partial charge is 0.115 e. The first-order valence-corrected chi connectivity index (χ1v) is 15.8. The van der Waals surface area contributed by atoms with Crippen molar-refractivity contribution in [3.63, 3.8) is 0 Å². The van der Waals surface area contributed by atoms with Gasteiger partial charge in [0.25, 0.3) is 0 Å². The molecule has 0 spiro atoms. The van der Waals surface area contributed by atoms with Crippen molar-refractivity contribution in [3.05, 3.63) is 120 Å². The van der Waals surface area contributed by atoms with Gasteiger partial charge < -0.3 is 9.64 Å². The normalized spacial score (nSPS) is 13.0. The molecule has 1 aliphatic carbocycles. The number of hydrogen-bond donors (Lipinski definition) is 0. The fourth-order valence-corrected chi connectivity index (χ4v) is 4.17. The lowest BCUT2D eigenvalue weighted by Crippen LogP contribution is -2.25. The third-order valence-corrected chi connectivity index (χ3v) is 7.34. The maximum Gasteiger partial charge on any atom is 0.115 e. The Hall–Kier alpha value is -3.00. The molecule has 0 amide bonds. The molecular formula is C39H61NO. The topological polar surface area (TPSA) is 12.5 Å². The van der Waals surface area contributed by atoms with E-state index in [0.717, 1.165) is 50.4 Å². The highest BCUT2D eigenvalue weighted by molar-refractivity contribution is 5.21. The molecule has 0 saturated heterocycles. The molecule has 0 atom stereocenters. The number of benzene rings is 2. The summed E-state index contributed by atoms with van der Waals surface area (Å²) < 4.78 is 6.21. The van der Waals surface area contributed by atoms with Crippen LogP contribution in [0.25, 0.3) is 0 Å². The van der Waals surface area contributed by atoms with E-state index in [1.807, 2.05) is 54.6 Å². The second kappa shape index (κ2) is 24.8. The van der Waals surface area contributed by atoms with Crippen LogP contribution in [0.1, 0.15) is 97.6 Å². The number of ether oxygens (including phenoxy) is 1. The lowest BCUT2D eigenvalue weighted by molar-refractivity contribution is 0.0951. The molecule has 0 radical (unpaired) electrons. The molecule has 0 unspecified atom stereocenters. The van der Waals surface area contributed by atoms with E-state index in [9.17, 15) is 0 Å². The van der Waals surface area contributed by atoms with Crippen LogP contribution in [0.15, 0.2) is 109 Å². The minimum atomic E-state index is 0.327. The van der Waals surface area contributed by atoms with Crippen molar-refractivity contribution in [2.75, 3.05) is 13.1 Å². The van der Waals surface area contributed by atoms with Gasteiger partial charge in [0.1, 0.15) is 5.76 Å². The molecule has 0 bridgehead atoms. The van der Waals surface area contributed by atoms with E-state index in [1.54, 1.807) is 0 Å². The zero-order chi connectivity index (χ0) is 30.9. The van der Waals surface area contributed by atoms with Gasteiger partial charge in [-0.05, 0) is 58.4 Å². The van der Waals surface area contributed by atoms with Gasteiger partial charge in [-0.3, -0.25) is 0 Å². The van der Waals surface area contributed by atoms with Gasteiger partial charge >= 0.3 is 0 Å². The molecule has 2 aromatic rings. The highest BCUT2D eigenvalue weighted by Gasteiger charge is 2.13. The van der Waals surface area contributed by atoms with Crippen LogP contribution in [0.5, 0.6) is 0 Å². The summed E-state index contributed by atoms with van der Waals surface area (Å²) in [6.07, 6.45) is 14.6. The van der Waals surface area contributed by atoms with Crippen LogP contribution in [0.3, 0.4) is 0 Å². The Morgan fingerprint density at radius 3 is 1.66 bits per heavy atom. The Morgan fingerprint density at radius 1 is 0.902 bits per heavy atom. The van der Waals surface area contributed by atoms with Crippen LogP contribution in [0.4, 0.5) is 0 Å². The van der Waals surface area contributed by atoms with Crippen LogP contribution in [-0.4, -0.2) is 24.1 Å². The first-order valence-electron chi connectivity index (χ1n) is 15.8. The first-order chi connectivity index (χ1) is 19.8. The van der Waals surface area contributed by atoms with E-state index >= 15 is 0 Å². The molecule has 2 aromatic carbocycles. The van der Waals surface area contributed by atoms with Crippen molar-refractivity contribution in [2.45, 2.75) is 106 Å². The fourth-order valence-electron chi connectivity index (χ4n) is 4.17. The Kier molecular flexibility index (Phi) is 23.0. The monoisotopic (exact) mass is 559 g/mol. The average molecular weight is 560 g/mol. The number of hydrogen-bond acceptors (Lipinski definition) is 2. The summed E-state index contributed by atoms with van der Waals surface area (Å²) in [5.74, 6) is 2.19.